The van der Waals surface area contributed by atoms with E-state index in [9.17, 15) is 4.79 Å². The number of ketones is 1. The highest BCUT2D eigenvalue weighted by Crippen LogP contribution is 2.31. The molecule has 0 unspecified atom stereocenters. The standard InChI is InChI=1S/C30H31NO3/c1-21-22(2)30(15-14-28(21)29(32)17-23-6-3-4-7-23)34-20-26-9-5-8-25(16-26)19-33-27-12-10-24(18-31)11-13-27/h5,8-16,23H,3-4,6-7,17,19-20H2,1-2H3. The molecule has 0 spiro atoms. The van der Waals surface area contributed by atoms with Crippen LogP contribution >= 0.6 is 0 Å². The van der Waals surface area contributed by atoms with E-state index in [0.717, 1.165) is 39.3 Å². The zero-order valence-corrected chi connectivity index (χ0v) is 20.0. The summed E-state index contributed by atoms with van der Waals surface area (Å²) < 4.78 is 12.0. The summed E-state index contributed by atoms with van der Waals surface area (Å²) in [6.07, 6.45) is 5.54. The van der Waals surface area contributed by atoms with E-state index in [-0.39, 0.29) is 5.78 Å². The largest absolute Gasteiger partial charge is 0.489 e. The maximum Gasteiger partial charge on any atom is 0.163 e. The number of carbonyl (C=O) groups excluding carboxylic acids is 1. The molecule has 0 amide bonds. The molecule has 1 saturated carbocycles. The van der Waals surface area contributed by atoms with Crippen molar-refractivity contribution < 1.29 is 14.3 Å². The Kier molecular flexibility index (Phi) is 7.65. The number of hydrogen-bond acceptors (Lipinski definition) is 4. The van der Waals surface area contributed by atoms with Crippen LogP contribution in [-0.2, 0) is 13.2 Å². The van der Waals surface area contributed by atoms with Gasteiger partial charge in [-0.15, -0.1) is 0 Å². The van der Waals surface area contributed by atoms with Gasteiger partial charge < -0.3 is 9.47 Å². The van der Waals surface area contributed by atoms with Crippen LogP contribution in [0, 0.1) is 31.1 Å². The second kappa shape index (κ2) is 11.0. The molecule has 0 aliphatic heterocycles. The van der Waals surface area contributed by atoms with Crippen LogP contribution in [0.3, 0.4) is 0 Å². The second-order valence-corrected chi connectivity index (χ2v) is 9.17. The third kappa shape index (κ3) is 5.85. The topological polar surface area (TPSA) is 59.3 Å². The lowest BCUT2D eigenvalue weighted by Crippen LogP contribution is -2.09. The molecule has 0 atom stereocenters. The third-order valence-electron chi connectivity index (χ3n) is 6.76. The Hall–Kier alpha value is -3.58. The van der Waals surface area contributed by atoms with Crippen LogP contribution in [0.25, 0.3) is 0 Å². The van der Waals surface area contributed by atoms with E-state index in [1.165, 1.54) is 25.7 Å². The first-order valence-electron chi connectivity index (χ1n) is 12.0. The molecule has 0 N–H and O–H groups in total. The van der Waals surface area contributed by atoms with Crippen molar-refractivity contribution in [1.82, 2.24) is 0 Å². The van der Waals surface area contributed by atoms with Crippen LogP contribution in [0.2, 0.25) is 0 Å². The van der Waals surface area contributed by atoms with E-state index >= 15 is 0 Å². The summed E-state index contributed by atoms with van der Waals surface area (Å²) >= 11 is 0. The van der Waals surface area contributed by atoms with Gasteiger partial charge in [-0.3, -0.25) is 4.79 Å². The van der Waals surface area contributed by atoms with Crippen LogP contribution < -0.4 is 9.47 Å². The van der Waals surface area contributed by atoms with Crippen LogP contribution in [0.4, 0.5) is 0 Å². The minimum atomic E-state index is 0.258. The smallest absolute Gasteiger partial charge is 0.163 e. The number of ether oxygens (including phenoxy) is 2. The highest BCUT2D eigenvalue weighted by molar-refractivity contribution is 5.98. The summed E-state index contributed by atoms with van der Waals surface area (Å²) in [5.41, 5.74) is 5.59. The van der Waals surface area contributed by atoms with Gasteiger partial charge in [0.2, 0.25) is 0 Å². The second-order valence-electron chi connectivity index (χ2n) is 9.17. The lowest BCUT2D eigenvalue weighted by atomic mass is 9.92. The quantitative estimate of drug-likeness (QED) is 0.324. The number of rotatable bonds is 9. The van der Waals surface area contributed by atoms with E-state index < -0.39 is 0 Å². The predicted octanol–water partition coefficient (Wildman–Crippen LogP) is 7.10. The van der Waals surface area contributed by atoms with E-state index in [1.54, 1.807) is 24.3 Å². The minimum Gasteiger partial charge on any atom is -0.489 e. The number of benzene rings is 3. The predicted molar refractivity (Wildman–Crippen MR) is 133 cm³/mol. The van der Waals surface area contributed by atoms with Gasteiger partial charge in [0, 0.05) is 12.0 Å². The van der Waals surface area contributed by atoms with E-state index in [4.69, 9.17) is 14.7 Å². The fraction of sp³-hybridized carbons (Fsp3) is 0.333. The van der Waals surface area contributed by atoms with Crippen molar-refractivity contribution in [2.45, 2.75) is 59.2 Å². The number of nitrogens with zero attached hydrogens (tertiary/aromatic N) is 1. The number of hydrogen-bond donors (Lipinski definition) is 0. The monoisotopic (exact) mass is 453 g/mol. The zero-order chi connectivity index (χ0) is 23.9. The molecule has 3 aromatic rings. The van der Waals surface area contributed by atoms with Crippen molar-refractivity contribution in [1.29, 1.82) is 5.26 Å². The Bertz CT molecular complexity index is 1180. The summed E-state index contributed by atoms with van der Waals surface area (Å²) in [4.78, 5) is 12.8. The maximum absolute atomic E-state index is 12.8. The Morgan fingerprint density at radius 3 is 2.26 bits per heavy atom. The van der Waals surface area contributed by atoms with Gasteiger partial charge in [0.05, 0.1) is 11.6 Å². The molecule has 0 bridgehead atoms. The Labute approximate surface area is 202 Å². The van der Waals surface area contributed by atoms with E-state index in [2.05, 4.69) is 12.1 Å². The van der Waals surface area contributed by atoms with Crippen LogP contribution in [0.5, 0.6) is 11.5 Å². The van der Waals surface area contributed by atoms with Gasteiger partial charge in [0.1, 0.15) is 24.7 Å². The molecular weight excluding hydrogens is 422 g/mol. The molecular formula is C30H31NO3. The van der Waals surface area contributed by atoms with Crippen molar-refractivity contribution >= 4 is 5.78 Å². The molecule has 1 aliphatic rings. The van der Waals surface area contributed by atoms with E-state index in [0.29, 0.717) is 31.1 Å². The van der Waals surface area contributed by atoms with Gasteiger partial charge in [-0.2, -0.15) is 5.26 Å². The Balaban J connectivity index is 1.35. The van der Waals surface area contributed by atoms with E-state index in [1.807, 2.05) is 44.2 Å². The van der Waals surface area contributed by atoms with Crippen LogP contribution in [0.1, 0.15) is 70.3 Å². The summed E-state index contributed by atoms with van der Waals surface area (Å²) in [7, 11) is 0. The molecule has 174 valence electrons. The van der Waals surface area contributed by atoms with Crippen molar-refractivity contribution in [2.75, 3.05) is 0 Å². The normalized spacial score (nSPS) is 13.4. The van der Waals surface area contributed by atoms with Crippen molar-refractivity contribution in [3.63, 3.8) is 0 Å². The van der Waals surface area contributed by atoms with Crippen LogP contribution in [0.15, 0.2) is 60.7 Å². The first-order chi connectivity index (χ1) is 16.5. The van der Waals surface area contributed by atoms with Gasteiger partial charge in [0.15, 0.2) is 5.78 Å². The first kappa shape index (κ1) is 23.6. The van der Waals surface area contributed by atoms with Gasteiger partial charge >= 0.3 is 0 Å². The molecule has 4 rings (SSSR count). The molecule has 0 radical (unpaired) electrons. The molecule has 0 aromatic heterocycles. The molecule has 1 aliphatic carbocycles. The van der Waals surface area contributed by atoms with Crippen molar-refractivity contribution in [3.05, 3.63) is 94.0 Å². The summed E-state index contributed by atoms with van der Waals surface area (Å²) in [5.74, 6) is 2.36. The Morgan fingerprint density at radius 1 is 0.912 bits per heavy atom. The average molecular weight is 454 g/mol. The van der Waals surface area contributed by atoms with Gasteiger partial charge in [-0.05, 0) is 84.5 Å². The van der Waals surface area contributed by atoms with Crippen LogP contribution in [-0.4, -0.2) is 5.78 Å². The number of Topliss-reactive ketones (excluding diaryl/α,β-unsaturated/α-hetero) is 1. The molecule has 0 saturated heterocycles. The number of nitriles is 1. The molecule has 3 aromatic carbocycles. The third-order valence-corrected chi connectivity index (χ3v) is 6.76. The van der Waals surface area contributed by atoms with Gasteiger partial charge in [-0.1, -0.05) is 43.9 Å². The Morgan fingerprint density at radius 2 is 1.59 bits per heavy atom. The fourth-order valence-electron chi connectivity index (χ4n) is 4.60. The summed E-state index contributed by atoms with van der Waals surface area (Å²) in [6.45, 7) is 4.93. The minimum absolute atomic E-state index is 0.258. The zero-order valence-electron chi connectivity index (χ0n) is 20.0. The summed E-state index contributed by atoms with van der Waals surface area (Å²) in [5, 5.41) is 8.90. The molecule has 34 heavy (non-hydrogen) atoms. The number of carbonyl (C=O) groups is 1. The molecule has 4 nitrogen and oxygen atoms in total. The van der Waals surface area contributed by atoms with Crippen molar-refractivity contribution in [2.24, 2.45) is 5.92 Å². The lowest BCUT2D eigenvalue weighted by Gasteiger charge is -2.15. The highest BCUT2D eigenvalue weighted by atomic mass is 16.5. The molecule has 1 fully saturated rings. The SMILES string of the molecule is Cc1c(OCc2cccc(COc3ccc(C#N)cc3)c2)ccc(C(=O)CC2CCCC2)c1C. The fourth-order valence-corrected chi connectivity index (χ4v) is 4.60. The highest BCUT2D eigenvalue weighted by Gasteiger charge is 2.21. The van der Waals surface area contributed by atoms with Crippen molar-refractivity contribution in [3.8, 4) is 17.6 Å². The average Bonchev–Trinajstić information content (AvgIpc) is 3.37. The first-order valence-corrected chi connectivity index (χ1v) is 12.0. The van der Waals surface area contributed by atoms with Gasteiger partial charge in [0.25, 0.3) is 0 Å². The molecule has 4 heteroatoms. The molecule has 0 heterocycles. The summed E-state index contributed by atoms with van der Waals surface area (Å²) in [6, 6.07) is 21.2. The lowest BCUT2D eigenvalue weighted by molar-refractivity contribution is 0.0961. The maximum atomic E-state index is 12.8. The van der Waals surface area contributed by atoms with Gasteiger partial charge in [-0.25, -0.2) is 0 Å².